The van der Waals surface area contributed by atoms with Gasteiger partial charge in [-0.25, -0.2) is 21.7 Å². The first-order valence-electron chi connectivity index (χ1n) is 6.26. The highest BCUT2D eigenvalue weighted by molar-refractivity contribution is 6.67. The lowest BCUT2D eigenvalue weighted by Crippen LogP contribution is -2.14. The molecule has 2 aromatic heterocycles. The average Bonchev–Trinajstić information content (AvgIpc) is 2.57. The Morgan fingerprint density at radius 3 is 1.57 bits per heavy atom. The summed E-state index contributed by atoms with van der Waals surface area (Å²) in [5, 5.41) is -0.179. The fourth-order valence-electron chi connectivity index (χ4n) is 1.38. The van der Waals surface area contributed by atoms with Crippen LogP contribution in [0, 0.1) is 0 Å². The lowest BCUT2D eigenvalue weighted by Gasteiger charge is -2.13. The predicted molar refractivity (Wildman–Crippen MR) is 118 cm³/mol. The lowest BCUT2D eigenvalue weighted by molar-refractivity contribution is 1.02. The smallest absolute Gasteiger partial charge is 0.239 e. The Bertz CT molecular complexity index is 824. The summed E-state index contributed by atoms with van der Waals surface area (Å²) in [5.74, 6) is 10.3. The number of hydrogen-bond acceptors (Lipinski definition) is 8. The molecule has 0 radical (unpaired) electrons. The van der Waals surface area contributed by atoms with E-state index in [0.29, 0.717) is 0 Å². The van der Waals surface area contributed by atoms with Crippen molar-refractivity contribution in [3.8, 4) is 0 Å². The Balaban J connectivity index is 0.000000280. The van der Waals surface area contributed by atoms with Crippen LogP contribution in [0.5, 0.6) is 0 Å². The van der Waals surface area contributed by atoms with Crippen LogP contribution in [-0.2, 0) is 7.59 Å². The third-order valence-corrected chi connectivity index (χ3v) is 4.77. The number of alkyl halides is 6. The fourth-order valence-corrected chi connectivity index (χ4v) is 3.33. The van der Waals surface area contributed by atoms with Crippen molar-refractivity contribution >= 4 is 128 Å². The summed E-state index contributed by atoms with van der Waals surface area (Å²) >= 11 is 56.3. The molecule has 18 heteroatoms. The molecular weight excluding hydrogens is 587 g/mol. The van der Waals surface area contributed by atoms with Crippen molar-refractivity contribution in [2.24, 2.45) is 11.7 Å². The van der Waals surface area contributed by atoms with E-state index in [9.17, 15) is 0 Å². The number of hydrazine groups is 2. The Morgan fingerprint density at radius 2 is 1.14 bits per heavy atom. The van der Waals surface area contributed by atoms with E-state index in [1.807, 2.05) is 0 Å². The van der Waals surface area contributed by atoms with E-state index in [1.165, 1.54) is 0 Å². The van der Waals surface area contributed by atoms with Crippen LogP contribution >= 0.6 is 116 Å². The van der Waals surface area contributed by atoms with Crippen LogP contribution < -0.4 is 22.5 Å². The van der Waals surface area contributed by atoms with Gasteiger partial charge in [-0.2, -0.15) is 9.97 Å². The SMILES string of the molecule is NNc1nc(Cl)c(Cl)c(C(Cl)(Cl)Cl)n1.NNc1nc(Cl)nc(C(Cl)(Cl)Cl)c1Cl. The first-order chi connectivity index (χ1) is 12.7. The summed E-state index contributed by atoms with van der Waals surface area (Å²) in [5.41, 5.74) is 4.31. The largest absolute Gasteiger partial charge is 0.307 e. The number of nitrogens with two attached hydrogens (primary N) is 2. The van der Waals surface area contributed by atoms with Gasteiger partial charge >= 0.3 is 0 Å². The zero-order valence-corrected chi connectivity index (χ0v) is 20.3. The third-order valence-electron chi connectivity index (χ3n) is 2.44. The van der Waals surface area contributed by atoms with E-state index in [2.05, 4.69) is 30.8 Å². The quantitative estimate of drug-likeness (QED) is 0.113. The van der Waals surface area contributed by atoms with Gasteiger partial charge in [-0.1, -0.05) is 104 Å². The van der Waals surface area contributed by atoms with Crippen LogP contribution in [0.15, 0.2) is 0 Å². The molecule has 0 unspecified atom stereocenters. The van der Waals surface area contributed by atoms with E-state index < -0.39 is 7.59 Å². The summed E-state index contributed by atoms with van der Waals surface area (Å²) in [7, 11) is 0. The van der Waals surface area contributed by atoms with Crippen LogP contribution in [-0.4, -0.2) is 19.9 Å². The van der Waals surface area contributed by atoms with E-state index in [1.54, 1.807) is 0 Å². The normalized spacial score (nSPS) is 11.6. The summed E-state index contributed by atoms with van der Waals surface area (Å²) < 4.78 is -3.56. The van der Waals surface area contributed by atoms with Gasteiger partial charge in [0.25, 0.3) is 0 Å². The van der Waals surface area contributed by atoms with Crippen molar-refractivity contribution in [1.82, 2.24) is 19.9 Å². The van der Waals surface area contributed by atoms with Gasteiger partial charge in [-0.15, -0.1) is 0 Å². The molecule has 0 atom stereocenters. The minimum absolute atomic E-state index is 0.0110. The Hall–Kier alpha value is 0.580. The van der Waals surface area contributed by atoms with Crippen molar-refractivity contribution in [1.29, 1.82) is 0 Å². The van der Waals surface area contributed by atoms with Crippen molar-refractivity contribution in [3.05, 3.63) is 31.9 Å². The molecule has 2 heterocycles. The highest BCUT2D eigenvalue weighted by Gasteiger charge is 2.31. The number of nitrogens with one attached hydrogen (secondary N) is 2. The maximum atomic E-state index is 5.79. The molecule has 0 aliphatic heterocycles. The molecule has 2 aromatic rings. The molecule has 28 heavy (non-hydrogen) atoms. The van der Waals surface area contributed by atoms with Crippen LogP contribution in [0.4, 0.5) is 11.8 Å². The highest BCUT2D eigenvalue weighted by atomic mass is 35.6. The van der Waals surface area contributed by atoms with Gasteiger partial charge in [0.05, 0.1) is 0 Å². The topological polar surface area (TPSA) is 128 Å². The second-order valence-electron chi connectivity index (χ2n) is 4.29. The zero-order valence-electron chi connectivity index (χ0n) is 12.7. The molecule has 6 N–H and O–H groups in total. The fraction of sp³-hybridized carbons (Fsp3) is 0.200. The molecular formula is C10H6Cl10N8. The van der Waals surface area contributed by atoms with Crippen LogP contribution in [0.3, 0.4) is 0 Å². The molecule has 0 amide bonds. The van der Waals surface area contributed by atoms with E-state index in [0.717, 1.165) is 0 Å². The van der Waals surface area contributed by atoms with Gasteiger partial charge in [-0.05, 0) is 11.6 Å². The number of rotatable bonds is 2. The zero-order chi connectivity index (χ0) is 21.9. The first-order valence-corrected chi connectivity index (χ1v) is 10.0. The number of nitrogens with zero attached hydrogens (tertiary/aromatic N) is 4. The molecule has 0 aromatic carbocycles. The van der Waals surface area contributed by atoms with E-state index in [4.69, 9.17) is 128 Å². The summed E-state index contributed by atoms with van der Waals surface area (Å²) in [6.45, 7) is 0. The minimum atomic E-state index is -1.78. The predicted octanol–water partition coefficient (Wildman–Crippen LogP) is 5.79. The van der Waals surface area contributed by atoms with Crippen LogP contribution in [0.1, 0.15) is 11.4 Å². The van der Waals surface area contributed by atoms with Crippen LogP contribution in [0.25, 0.3) is 0 Å². The second-order valence-corrected chi connectivity index (χ2v) is 10.3. The Labute approximate surface area is 208 Å². The van der Waals surface area contributed by atoms with Crippen molar-refractivity contribution < 1.29 is 0 Å². The molecule has 0 fully saturated rings. The molecule has 0 aliphatic rings. The maximum absolute atomic E-state index is 5.79. The Morgan fingerprint density at radius 1 is 0.643 bits per heavy atom. The van der Waals surface area contributed by atoms with E-state index in [-0.39, 0.29) is 43.6 Å². The van der Waals surface area contributed by atoms with Gasteiger partial charge in [-0.3, -0.25) is 5.43 Å². The first kappa shape index (κ1) is 26.6. The number of aromatic nitrogens is 4. The van der Waals surface area contributed by atoms with Crippen molar-refractivity contribution in [2.45, 2.75) is 7.59 Å². The molecule has 2 rings (SSSR count). The van der Waals surface area contributed by atoms with Gasteiger partial charge < -0.3 is 5.43 Å². The molecule has 8 nitrogen and oxygen atoms in total. The van der Waals surface area contributed by atoms with Gasteiger partial charge in [0, 0.05) is 0 Å². The molecule has 0 bridgehead atoms. The average molecular weight is 593 g/mol. The second kappa shape index (κ2) is 10.7. The summed E-state index contributed by atoms with van der Waals surface area (Å²) in [6, 6.07) is 0. The number of hydrogen-bond donors (Lipinski definition) is 4. The molecule has 0 saturated heterocycles. The monoisotopic (exact) mass is 588 g/mol. The number of nitrogen functional groups attached to an aromatic ring is 2. The highest BCUT2D eigenvalue weighted by Crippen LogP contribution is 2.43. The van der Waals surface area contributed by atoms with Crippen molar-refractivity contribution in [3.63, 3.8) is 0 Å². The standard InChI is InChI=1S/2C5H3Cl5N4/c6-1-2(5(8,9)10)12-4(7)13-3(1)14-11;6-1-2(5(8,9)10)12-4(14-11)13-3(1)7/h2*11H2,(H,12,13,14). The van der Waals surface area contributed by atoms with Gasteiger partial charge in [0.2, 0.25) is 18.8 Å². The Kier molecular flexibility index (Phi) is 10.2. The molecule has 0 aliphatic carbocycles. The summed E-state index contributed by atoms with van der Waals surface area (Å²) in [4.78, 5) is 14.8. The minimum Gasteiger partial charge on any atom is -0.307 e. The van der Waals surface area contributed by atoms with Crippen LogP contribution in [0.2, 0.25) is 20.5 Å². The lowest BCUT2D eigenvalue weighted by atomic mass is 10.4. The number of anilines is 2. The maximum Gasteiger partial charge on any atom is 0.239 e. The van der Waals surface area contributed by atoms with Gasteiger partial charge in [0.1, 0.15) is 21.4 Å². The number of halogens is 10. The molecule has 0 saturated carbocycles. The molecule has 0 spiro atoms. The molecule has 156 valence electrons. The van der Waals surface area contributed by atoms with Crippen molar-refractivity contribution in [2.75, 3.05) is 10.9 Å². The third kappa shape index (κ3) is 7.37. The van der Waals surface area contributed by atoms with Gasteiger partial charge in [0.15, 0.2) is 11.0 Å². The van der Waals surface area contributed by atoms with E-state index >= 15 is 0 Å². The summed E-state index contributed by atoms with van der Waals surface area (Å²) in [6.07, 6.45) is 0.